The minimum atomic E-state index is -0.882. The van der Waals surface area contributed by atoms with Crippen LogP contribution in [-0.4, -0.2) is 70.4 Å². The number of carbonyl (C=O) groups is 1. The third kappa shape index (κ3) is 4.61. The summed E-state index contributed by atoms with van der Waals surface area (Å²) in [4.78, 5) is 28.2. The summed E-state index contributed by atoms with van der Waals surface area (Å²) in [5, 5.41) is 13.4. The number of hydrogen-bond donors (Lipinski definition) is 2. The zero-order valence-corrected chi connectivity index (χ0v) is 19.1. The summed E-state index contributed by atoms with van der Waals surface area (Å²) in [5.74, 6) is 2.88. The van der Waals surface area contributed by atoms with Crippen molar-refractivity contribution in [2.24, 2.45) is 0 Å². The first kappa shape index (κ1) is 22.0. The first-order valence-electron chi connectivity index (χ1n) is 11.6. The van der Waals surface area contributed by atoms with Crippen LogP contribution in [-0.2, 0) is 0 Å². The van der Waals surface area contributed by atoms with Crippen LogP contribution in [0.25, 0.3) is 10.9 Å². The predicted octanol–water partition coefficient (Wildman–Crippen LogP) is 3.90. The zero-order chi connectivity index (χ0) is 23.5. The van der Waals surface area contributed by atoms with Crippen molar-refractivity contribution in [1.82, 2.24) is 19.9 Å². The van der Waals surface area contributed by atoms with Crippen LogP contribution >= 0.6 is 0 Å². The van der Waals surface area contributed by atoms with E-state index in [0.29, 0.717) is 43.2 Å². The third-order valence-corrected chi connectivity index (χ3v) is 6.37. The topological polar surface area (TPSA) is 113 Å². The monoisotopic (exact) mass is 464 g/mol. The number of aromatic nitrogens is 3. The third-order valence-electron chi connectivity index (χ3n) is 6.37. The number of nitrogens with one attached hydrogen (secondary N) is 1. The first-order valence-corrected chi connectivity index (χ1v) is 11.6. The quantitative estimate of drug-likeness (QED) is 0.561. The van der Waals surface area contributed by atoms with Crippen molar-refractivity contribution in [2.75, 3.05) is 43.5 Å². The summed E-state index contributed by atoms with van der Waals surface area (Å²) in [5.41, 5.74) is 1.59. The molecule has 2 N–H and O–H groups in total. The van der Waals surface area contributed by atoms with Crippen LogP contribution in [0.1, 0.15) is 25.7 Å². The van der Waals surface area contributed by atoms with Crippen LogP contribution in [0.5, 0.6) is 11.5 Å². The largest absolute Gasteiger partial charge is 0.493 e. The maximum absolute atomic E-state index is 11.1. The molecule has 1 aromatic carbocycles. The summed E-state index contributed by atoms with van der Waals surface area (Å²) in [6.45, 7) is 2.97. The van der Waals surface area contributed by atoms with Crippen molar-refractivity contribution in [3.05, 3.63) is 36.8 Å². The summed E-state index contributed by atoms with van der Waals surface area (Å²) in [6, 6.07) is 7.70. The molecule has 1 amide bonds. The molecule has 5 rings (SSSR count). The van der Waals surface area contributed by atoms with Crippen molar-refractivity contribution in [3.63, 3.8) is 0 Å². The highest BCUT2D eigenvalue weighted by molar-refractivity contribution is 5.92. The summed E-state index contributed by atoms with van der Waals surface area (Å²) in [7, 11) is 1.60. The van der Waals surface area contributed by atoms with Gasteiger partial charge in [-0.05, 0) is 31.0 Å². The molecular formula is C24H28N6O4. The molecule has 0 bridgehead atoms. The maximum Gasteiger partial charge on any atom is 0.407 e. The standard InChI is InChI=1S/C24H28N6O4/c1-33-21-12-16(4-5-20(21)34-17-6-10-30(11-7-17)24(31)32)28-23-18-13-22(29-8-2-3-9-29)25-14-19(18)26-15-27-23/h4-5,12-15,17H,2-3,6-11H2,1H3,(H,31,32)(H,26,27,28). The first-order chi connectivity index (χ1) is 16.6. The molecule has 4 heterocycles. The van der Waals surface area contributed by atoms with Crippen molar-refractivity contribution in [2.45, 2.75) is 31.8 Å². The number of carboxylic acid groups (broad SMARTS) is 1. The molecule has 0 radical (unpaired) electrons. The summed E-state index contributed by atoms with van der Waals surface area (Å²) >= 11 is 0. The van der Waals surface area contributed by atoms with Gasteiger partial charge in [-0.15, -0.1) is 0 Å². The Labute approximate surface area is 197 Å². The highest BCUT2D eigenvalue weighted by Crippen LogP contribution is 2.34. The Kier molecular flexibility index (Phi) is 6.20. The van der Waals surface area contributed by atoms with Gasteiger partial charge < -0.3 is 29.7 Å². The van der Waals surface area contributed by atoms with Gasteiger partial charge in [0.05, 0.1) is 18.8 Å². The number of ether oxygens (including phenoxy) is 2. The average molecular weight is 465 g/mol. The maximum atomic E-state index is 11.1. The Bertz CT molecular complexity index is 1180. The molecule has 10 nitrogen and oxygen atoms in total. The smallest absolute Gasteiger partial charge is 0.407 e. The fourth-order valence-electron chi connectivity index (χ4n) is 4.49. The lowest BCUT2D eigenvalue weighted by molar-refractivity contribution is 0.0878. The molecule has 0 aliphatic carbocycles. The number of pyridine rings is 1. The Hall–Kier alpha value is -3.82. The van der Waals surface area contributed by atoms with Crippen LogP contribution in [0, 0.1) is 0 Å². The highest BCUT2D eigenvalue weighted by Gasteiger charge is 2.24. The Morgan fingerprint density at radius 1 is 1.06 bits per heavy atom. The lowest BCUT2D eigenvalue weighted by Gasteiger charge is -2.30. The second-order valence-electron chi connectivity index (χ2n) is 8.55. The minimum absolute atomic E-state index is 0.0503. The number of hydrogen-bond acceptors (Lipinski definition) is 8. The number of rotatable bonds is 6. The van der Waals surface area contributed by atoms with Gasteiger partial charge in [-0.1, -0.05) is 0 Å². The molecule has 0 atom stereocenters. The zero-order valence-electron chi connectivity index (χ0n) is 19.1. The Morgan fingerprint density at radius 3 is 2.59 bits per heavy atom. The van der Waals surface area contributed by atoms with Crippen molar-refractivity contribution < 1.29 is 19.4 Å². The normalized spacial score (nSPS) is 16.6. The number of fused-ring (bicyclic) bond motifs is 1. The minimum Gasteiger partial charge on any atom is -0.493 e. The molecule has 0 saturated carbocycles. The summed E-state index contributed by atoms with van der Waals surface area (Å²) in [6.07, 6.45) is 6.05. The van der Waals surface area contributed by atoms with Crippen LogP contribution < -0.4 is 19.7 Å². The van der Waals surface area contributed by atoms with Crippen LogP contribution in [0.4, 0.5) is 22.1 Å². The van der Waals surface area contributed by atoms with E-state index >= 15 is 0 Å². The van der Waals surface area contributed by atoms with Crippen LogP contribution in [0.2, 0.25) is 0 Å². The second kappa shape index (κ2) is 9.58. The van der Waals surface area contributed by atoms with E-state index in [1.807, 2.05) is 24.3 Å². The predicted molar refractivity (Wildman–Crippen MR) is 128 cm³/mol. The van der Waals surface area contributed by atoms with Crippen molar-refractivity contribution in [3.8, 4) is 11.5 Å². The van der Waals surface area contributed by atoms with Gasteiger partial charge in [0.25, 0.3) is 0 Å². The molecule has 2 fully saturated rings. The van der Waals surface area contributed by atoms with E-state index in [2.05, 4.69) is 25.2 Å². The fourth-order valence-corrected chi connectivity index (χ4v) is 4.49. The number of likely N-dealkylation sites (tertiary alicyclic amines) is 1. The van der Waals surface area contributed by atoms with Crippen LogP contribution in [0.15, 0.2) is 36.8 Å². The van der Waals surface area contributed by atoms with E-state index in [4.69, 9.17) is 14.6 Å². The van der Waals surface area contributed by atoms with Gasteiger partial charge in [-0.3, -0.25) is 0 Å². The number of amides is 1. The molecule has 2 saturated heterocycles. The average Bonchev–Trinajstić information content (AvgIpc) is 3.40. The molecule has 178 valence electrons. The van der Waals surface area contributed by atoms with Gasteiger partial charge in [0.2, 0.25) is 0 Å². The van der Waals surface area contributed by atoms with Crippen LogP contribution in [0.3, 0.4) is 0 Å². The highest BCUT2D eigenvalue weighted by atomic mass is 16.5. The van der Waals surface area contributed by atoms with Gasteiger partial charge in [-0.2, -0.15) is 0 Å². The van der Waals surface area contributed by atoms with E-state index < -0.39 is 6.09 Å². The van der Waals surface area contributed by atoms with Gasteiger partial charge >= 0.3 is 6.09 Å². The van der Waals surface area contributed by atoms with Gasteiger partial charge in [0.15, 0.2) is 11.5 Å². The number of anilines is 3. The number of benzene rings is 1. The second-order valence-corrected chi connectivity index (χ2v) is 8.55. The fraction of sp³-hybridized carbons (Fsp3) is 0.417. The molecule has 2 aromatic heterocycles. The van der Waals surface area contributed by atoms with E-state index in [1.54, 1.807) is 13.3 Å². The lowest BCUT2D eigenvalue weighted by atomic mass is 10.1. The van der Waals surface area contributed by atoms with E-state index in [0.717, 1.165) is 35.5 Å². The Balaban J connectivity index is 1.33. The molecule has 34 heavy (non-hydrogen) atoms. The molecule has 0 spiro atoms. The van der Waals surface area contributed by atoms with E-state index in [-0.39, 0.29) is 6.10 Å². The number of methoxy groups -OCH3 is 1. The van der Waals surface area contributed by atoms with E-state index in [1.165, 1.54) is 24.1 Å². The molecule has 3 aromatic rings. The van der Waals surface area contributed by atoms with Gasteiger partial charge in [-0.25, -0.2) is 19.7 Å². The molecular weight excluding hydrogens is 436 g/mol. The van der Waals surface area contributed by atoms with E-state index in [9.17, 15) is 4.79 Å². The Morgan fingerprint density at radius 2 is 1.85 bits per heavy atom. The van der Waals surface area contributed by atoms with Gasteiger partial charge in [0.1, 0.15) is 24.1 Å². The lowest BCUT2D eigenvalue weighted by Crippen LogP contribution is -2.41. The van der Waals surface area contributed by atoms with Gasteiger partial charge in [0, 0.05) is 56.2 Å². The molecule has 0 unspecified atom stereocenters. The molecule has 2 aliphatic rings. The molecule has 2 aliphatic heterocycles. The SMILES string of the molecule is COc1cc(Nc2ncnc3cnc(N4CCCC4)cc23)ccc1OC1CCN(C(=O)O)CC1. The van der Waals surface area contributed by atoms with Crippen molar-refractivity contribution >= 4 is 34.3 Å². The summed E-state index contributed by atoms with van der Waals surface area (Å²) < 4.78 is 11.7. The molecule has 10 heteroatoms. The number of nitrogens with zero attached hydrogens (tertiary/aromatic N) is 5. The van der Waals surface area contributed by atoms with Crippen molar-refractivity contribution in [1.29, 1.82) is 0 Å². The number of piperidine rings is 1.